The molecule has 5 heteroatoms. The number of hydrogen-bond acceptors (Lipinski definition) is 4. The zero-order chi connectivity index (χ0) is 35.3. The third-order valence-corrected chi connectivity index (χ3v) is 9.95. The lowest BCUT2D eigenvalue weighted by Gasteiger charge is -2.14. The molecule has 0 bridgehead atoms. The van der Waals surface area contributed by atoms with E-state index in [1.165, 1.54) is 0 Å². The van der Waals surface area contributed by atoms with Crippen LogP contribution in [-0.4, -0.2) is 15.0 Å². The molecule has 8 aromatic carbocycles. The summed E-state index contributed by atoms with van der Waals surface area (Å²) in [6, 6.07) is 57.9. The highest BCUT2D eigenvalue weighted by Gasteiger charge is 2.19. The summed E-state index contributed by atoms with van der Waals surface area (Å²) in [5.41, 5.74) is 9.32. The van der Waals surface area contributed by atoms with Crippen LogP contribution in [-0.2, 0) is 0 Å². The Labute approximate surface area is 305 Å². The van der Waals surface area contributed by atoms with Gasteiger partial charge in [0.05, 0.1) is 6.57 Å². The van der Waals surface area contributed by atoms with E-state index in [9.17, 15) is 0 Å². The number of benzene rings is 8. The predicted octanol–water partition coefficient (Wildman–Crippen LogP) is 13.0. The summed E-state index contributed by atoms with van der Waals surface area (Å²) in [5.74, 6) is 1.77. The number of aromatic nitrogens is 3. The van der Waals surface area contributed by atoms with Crippen LogP contribution >= 0.6 is 0 Å². The molecule has 10 aromatic rings. The Hall–Kier alpha value is -7.42. The second kappa shape index (κ2) is 12.4. The molecule has 0 aliphatic rings. The van der Waals surface area contributed by atoms with E-state index in [1.807, 2.05) is 60.7 Å². The van der Waals surface area contributed by atoms with Crippen molar-refractivity contribution in [1.29, 1.82) is 0 Å². The molecule has 0 fully saturated rings. The van der Waals surface area contributed by atoms with E-state index in [4.69, 9.17) is 25.9 Å². The Kier molecular flexibility index (Phi) is 7.12. The first-order valence-electron chi connectivity index (χ1n) is 17.5. The summed E-state index contributed by atoms with van der Waals surface area (Å²) in [7, 11) is 0. The highest BCUT2D eigenvalue weighted by Crippen LogP contribution is 2.39. The van der Waals surface area contributed by atoms with E-state index in [1.54, 1.807) is 0 Å². The molecular formula is C48H28N4O. The Morgan fingerprint density at radius 3 is 1.75 bits per heavy atom. The van der Waals surface area contributed by atoms with Crippen molar-refractivity contribution in [3.63, 3.8) is 0 Å². The van der Waals surface area contributed by atoms with Gasteiger partial charge in [-0.15, -0.1) is 0 Å². The molecule has 0 amide bonds. The molecule has 0 aliphatic heterocycles. The van der Waals surface area contributed by atoms with Crippen LogP contribution in [0.4, 0.5) is 5.69 Å². The molecule has 0 saturated heterocycles. The van der Waals surface area contributed by atoms with Crippen LogP contribution in [0.2, 0.25) is 0 Å². The van der Waals surface area contributed by atoms with E-state index in [2.05, 4.69) is 114 Å². The quantitative estimate of drug-likeness (QED) is 0.170. The zero-order valence-corrected chi connectivity index (χ0v) is 28.4. The highest BCUT2D eigenvalue weighted by atomic mass is 16.3. The Morgan fingerprint density at radius 1 is 0.396 bits per heavy atom. The van der Waals surface area contributed by atoms with E-state index in [0.717, 1.165) is 82.4 Å². The molecule has 0 spiro atoms. The fraction of sp³-hybridized carbons (Fsp3) is 0. The Balaban J connectivity index is 1.15. The minimum atomic E-state index is 0.583. The first-order chi connectivity index (χ1) is 26.2. The normalized spacial score (nSPS) is 11.4. The maximum atomic E-state index is 7.36. The van der Waals surface area contributed by atoms with Gasteiger partial charge in [0.15, 0.2) is 23.2 Å². The van der Waals surface area contributed by atoms with Gasteiger partial charge in [0.25, 0.3) is 0 Å². The van der Waals surface area contributed by atoms with Gasteiger partial charge in [0, 0.05) is 27.5 Å². The van der Waals surface area contributed by atoms with Crippen molar-refractivity contribution in [2.45, 2.75) is 0 Å². The van der Waals surface area contributed by atoms with Crippen molar-refractivity contribution in [3.8, 4) is 56.4 Å². The molecule has 0 aliphatic carbocycles. The minimum absolute atomic E-state index is 0.583. The Bertz CT molecular complexity index is 3080. The standard InChI is InChI=1S/C48H28N4O/c1-49-36-24-22-31(23-25-36)37-26-27-38(40-15-5-4-14-39(37)40)33-12-8-13-34(29-33)46-50-47(35-21-20-30-10-2-3-11-32(30)28-35)52-48(51-46)42-17-9-19-44-45(42)41-16-6-7-18-43(41)53-44/h2-29H. The van der Waals surface area contributed by atoms with Crippen molar-refractivity contribution in [2.75, 3.05) is 0 Å². The van der Waals surface area contributed by atoms with Crippen molar-refractivity contribution in [3.05, 3.63) is 181 Å². The van der Waals surface area contributed by atoms with Crippen LogP contribution in [0.25, 0.3) is 105 Å². The summed E-state index contributed by atoms with van der Waals surface area (Å²) in [6.45, 7) is 7.36. The maximum Gasteiger partial charge on any atom is 0.187 e. The highest BCUT2D eigenvalue weighted by molar-refractivity contribution is 6.12. The van der Waals surface area contributed by atoms with E-state index < -0.39 is 0 Å². The number of fused-ring (bicyclic) bond motifs is 5. The van der Waals surface area contributed by atoms with Gasteiger partial charge in [-0.3, -0.25) is 0 Å². The number of nitrogens with zero attached hydrogens (tertiary/aromatic N) is 4. The molecule has 0 N–H and O–H groups in total. The Morgan fingerprint density at radius 2 is 0.981 bits per heavy atom. The molecule has 0 unspecified atom stereocenters. The molecule has 2 heterocycles. The van der Waals surface area contributed by atoms with Gasteiger partial charge in [-0.1, -0.05) is 146 Å². The molecule has 246 valence electrons. The summed E-state index contributed by atoms with van der Waals surface area (Å²) in [4.78, 5) is 19.0. The largest absolute Gasteiger partial charge is 0.456 e. The van der Waals surface area contributed by atoms with Crippen LogP contribution in [0, 0.1) is 6.57 Å². The third-order valence-electron chi connectivity index (χ3n) is 9.95. The molecular weight excluding hydrogens is 649 g/mol. The predicted molar refractivity (Wildman–Crippen MR) is 216 cm³/mol. The first kappa shape index (κ1) is 30.4. The topological polar surface area (TPSA) is 56.2 Å². The number of rotatable bonds is 5. The third kappa shape index (κ3) is 5.29. The summed E-state index contributed by atoms with van der Waals surface area (Å²) >= 11 is 0. The van der Waals surface area contributed by atoms with Crippen LogP contribution in [0.5, 0.6) is 0 Å². The van der Waals surface area contributed by atoms with Crippen molar-refractivity contribution in [1.82, 2.24) is 15.0 Å². The molecule has 5 nitrogen and oxygen atoms in total. The summed E-state index contributed by atoms with van der Waals surface area (Å²) in [6.07, 6.45) is 0. The van der Waals surface area contributed by atoms with Crippen molar-refractivity contribution < 1.29 is 4.42 Å². The molecule has 0 atom stereocenters. The van der Waals surface area contributed by atoms with Gasteiger partial charge in [-0.2, -0.15) is 0 Å². The van der Waals surface area contributed by atoms with Crippen LogP contribution < -0.4 is 0 Å². The summed E-state index contributed by atoms with van der Waals surface area (Å²) in [5, 5.41) is 6.57. The molecule has 0 saturated carbocycles. The maximum absolute atomic E-state index is 7.36. The van der Waals surface area contributed by atoms with E-state index in [0.29, 0.717) is 23.2 Å². The zero-order valence-electron chi connectivity index (χ0n) is 28.4. The molecule has 53 heavy (non-hydrogen) atoms. The van der Waals surface area contributed by atoms with Crippen molar-refractivity contribution >= 4 is 49.2 Å². The van der Waals surface area contributed by atoms with Crippen molar-refractivity contribution in [2.24, 2.45) is 0 Å². The minimum Gasteiger partial charge on any atom is -0.456 e. The SMILES string of the molecule is [C-]#[N+]c1ccc(-c2ccc(-c3cccc(-c4nc(-c5ccc6ccccc6c5)nc(-c5cccc6oc7ccccc7c56)n4)c3)c3ccccc23)cc1. The second-order valence-corrected chi connectivity index (χ2v) is 13.1. The van der Waals surface area contributed by atoms with Gasteiger partial charge in [-0.05, 0) is 68.1 Å². The van der Waals surface area contributed by atoms with Crippen LogP contribution in [0.1, 0.15) is 0 Å². The van der Waals surface area contributed by atoms with E-state index >= 15 is 0 Å². The fourth-order valence-electron chi connectivity index (χ4n) is 7.39. The average molecular weight is 677 g/mol. The van der Waals surface area contributed by atoms with Gasteiger partial charge in [0.1, 0.15) is 11.2 Å². The smallest absolute Gasteiger partial charge is 0.187 e. The van der Waals surface area contributed by atoms with Gasteiger partial charge in [-0.25, -0.2) is 19.8 Å². The van der Waals surface area contributed by atoms with Gasteiger partial charge >= 0.3 is 0 Å². The lowest BCUT2D eigenvalue weighted by atomic mass is 9.91. The van der Waals surface area contributed by atoms with Crippen LogP contribution in [0.15, 0.2) is 174 Å². The van der Waals surface area contributed by atoms with Gasteiger partial charge < -0.3 is 4.42 Å². The fourth-order valence-corrected chi connectivity index (χ4v) is 7.39. The molecule has 10 rings (SSSR count). The monoisotopic (exact) mass is 676 g/mol. The first-order valence-corrected chi connectivity index (χ1v) is 17.5. The lowest BCUT2D eigenvalue weighted by molar-refractivity contribution is 0.669. The average Bonchev–Trinajstić information content (AvgIpc) is 3.62. The lowest BCUT2D eigenvalue weighted by Crippen LogP contribution is -2.00. The molecule has 0 radical (unpaired) electrons. The number of hydrogen-bond donors (Lipinski definition) is 0. The molecule has 2 aromatic heterocycles. The second-order valence-electron chi connectivity index (χ2n) is 13.1. The van der Waals surface area contributed by atoms with Gasteiger partial charge in [0.2, 0.25) is 0 Å². The number of para-hydroxylation sites is 1. The number of furan rings is 1. The van der Waals surface area contributed by atoms with E-state index in [-0.39, 0.29) is 0 Å². The van der Waals surface area contributed by atoms with Crippen LogP contribution in [0.3, 0.4) is 0 Å². The summed E-state index contributed by atoms with van der Waals surface area (Å²) < 4.78 is 6.26.